The fraction of sp³-hybridized carbons (Fsp3) is 0.417. The molecule has 1 saturated carbocycles. The van der Waals surface area contributed by atoms with E-state index in [1.807, 2.05) is 18.2 Å². The molecule has 1 amide bonds. The van der Waals surface area contributed by atoms with Crippen molar-refractivity contribution in [1.29, 1.82) is 0 Å². The lowest BCUT2D eigenvalue weighted by Crippen LogP contribution is -2.49. The number of fused-ring (bicyclic) bond motifs is 1. The van der Waals surface area contributed by atoms with Gasteiger partial charge in [-0.25, -0.2) is 9.07 Å². The number of benzene rings is 2. The number of carbonyl (C=O) groups excluding carboxylic acids is 1. The summed E-state index contributed by atoms with van der Waals surface area (Å²) in [5.74, 6) is -4.30. The topological polar surface area (TPSA) is 50.2 Å². The Morgan fingerprint density at radius 3 is 2.53 bits per heavy atom. The normalized spacial score (nSPS) is 21.3. The van der Waals surface area contributed by atoms with Crippen molar-refractivity contribution >= 4 is 22.5 Å². The van der Waals surface area contributed by atoms with Crippen molar-refractivity contribution < 1.29 is 18.0 Å². The molecule has 1 saturated heterocycles. The summed E-state index contributed by atoms with van der Waals surface area (Å²) >= 11 is 0. The quantitative estimate of drug-likeness (QED) is 0.603. The van der Waals surface area contributed by atoms with Crippen LogP contribution in [-0.4, -0.2) is 40.2 Å². The van der Waals surface area contributed by atoms with Gasteiger partial charge in [-0.3, -0.25) is 4.79 Å². The van der Waals surface area contributed by atoms with Crippen molar-refractivity contribution in [2.24, 2.45) is 5.92 Å². The van der Waals surface area contributed by atoms with E-state index in [2.05, 4.69) is 15.3 Å². The smallest absolute Gasteiger partial charge is 0.321 e. The van der Waals surface area contributed by atoms with Crippen LogP contribution in [0.25, 0.3) is 16.6 Å². The maximum Gasteiger partial charge on any atom is 0.321 e. The van der Waals surface area contributed by atoms with E-state index in [1.54, 1.807) is 23.0 Å². The third kappa shape index (κ3) is 4.06. The highest BCUT2D eigenvalue weighted by atomic mass is 19.3. The molecule has 0 bridgehead atoms. The lowest BCUT2D eigenvalue weighted by Gasteiger charge is -2.31. The van der Waals surface area contributed by atoms with Gasteiger partial charge in [0.1, 0.15) is 5.82 Å². The van der Waals surface area contributed by atoms with E-state index in [1.165, 1.54) is 12.1 Å². The molecule has 32 heavy (non-hydrogen) atoms. The number of carbonyl (C=O) groups is 1. The highest BCUT2D eigenvalue weighted by Gasteiger charge is 2.42. The maximum absolute atomic E-state index is 13.5. The van der Waals surface area contributed by atoms with Gasteiger partial charge in [0.05, 0.1) is 23.4 Å². The molecule has 2 aliphatic rings. The minimum atomic E-state index is -3.38. The molecule has 1 aliphatic heterocycles. The third-order valence-corrected chi connectivity index (χ3v) is 6.49. The van der Waals surface area contributed by atoms with Crippen LogP contribution in [0.3, 0.4) is 0 Å². The van der Waals surface area contributed by atoms with Gasteiger partial charge in [-0.1, -0.05) is 12.8 Å². The lowest BCUT2D eigenvalue weighted by atomic mass is 10.0. The fourth-order valence-corrected chi connectivity index (χ4v) is 4.61. The Labute approximate surface area is 184 Å². The minimum absolute atomic E-state index is 0.0154. The van der Waals surface area contributed by atoms with Crippen molar-refractivity contribution in [2.45, 2.75) is 50.6 Å². The molecule has 2 atom stereocenters. The summed E-state index contributed by atoms with van der Waals surface area (Å²) in [6.07, 6.45) is 5.58. The molecule has 5 nitrogen and oxygen atoms in total. The molecule has 1 aromatic heterocycles. The van der Waals surface area contributed by atoms with E-state index in [0.29, 0.717) is 25.8 Å². The van der Waals surface area contributed by atoms with E-state index >= 15 is 0 Å². The predicted molar refractivity (Wildman–Crippen MR) is 117 cm³/mol. The largest absolute Gasteiger partial charge is 0.366 e. The average molecular weight is 442 g/mol. The van der Waals surface area contributed by atoms with Gasteiger partial charge < -0.3 is 10.2 Å². The van der Waals surface area contributed by atoms with Crippen LogP contribution < -0.4 is 10.2 Å². The van der Waals surface area contributed by atoms with Gasteiger partial charge >= 0.3 is 5.92 Å². The number of nitrogens with one attached hydrogen (secondary N) is 1. The summed E-state index contributed by atoms with van der Waals surface area (Å²) in [4.78, 5) is 14.2. The summed E-state index contributed by atoms with van der Waals surface area (Å²) in [7, 11) is 0. The van der Waals surface area contributed by atoms with Crippen molar-refractivity contribution in [3.63, 3.8) is 0 Å². The second-order valence-electron chi connectivity index (χ2n) is 8.97. The molecule has 0 spiro atoms. The minimum Gasteiger partial charge on any atom is -0.366 e. The molecule has 8 heteroatoms. The van der Waals surface area contributed by atoms with Gasteiger partial charge in [0.25, 0.3) is 5.91 Å². The van der Waals surface area contributed by atoms with Crippen LogP contribution in [0, 0.1) is 11.7 Å². The van der Waals surface area contributed by atoms with E-state index in [4.69, 9.17) is 0 Å². The zero-order valence-corrected chi connectivity index (χ0v) is 17.8. The summed E-state index contributed by atoms with van der Waals surface area (Å²) in [5, 5.41) is 7.98. The number of aromatic nitrogens is 2. The second-order valence-corrected chi connectivity index (χ2v) is 8.97. The number of amides is 1. The number of hydrogen-bond donors (Lipinski definition) is 1. The van der Waals surface area contributed by atoms with Crippen LogP contribution in [0.15, 0.2) is 48.7 Å². The van der Waals surface area contributed by atoms with Crippen LogP contribution >= 0.6 is 0 Å². The molecule has 3 aromatic rings. The highest BCUT2D eigenvalue weighted by molar-refractivity contribution is 5.85. The molecular formula is C24H25F3N4O. The average Bonchev–Trinajstić information content (AvgIpc) is 3.34. The number of hydrogen-bond acceptors (Lipinski definition) is 3. The van der Waals surface area contributed by atoms with Gasteiger partial charge in [-0.15, -0.1) is 0 Å². The molecule has 2 aromatic carbocycles. The standard InChI is InChI=1S/C24H25F3N4O/c1-24(26,27)23(32)29-20-10-11-30(22(20)12-15-2-3-15)19-8-9-21-16(13-19)14-28-31(21)18-6-4-17(25)5-7-18/h4-9,13-15,20,22H,2-3,10-12H2,1H3,(H,29,32). The number of rotatable bonds is 6. The first kappa shape index (κ1) is 20.8. The van der Waals surface area contributed by atoms with Crippen molar-refractivity contribution in [2.75, 3.05) is 11.4 Å². The molecule has 0 radical (unpaired) electrons. The number of anilines is 1. The van der Waals surface area contributed by atoms with Crippen molar-refractivity contribution in [3.8, 4) is 5.69 Å². The molecule has 2 fully saturated rings. The molecule has 1 N–H and O–H groups in total. The zero-order valence-electron chi connectivity index (χ0n) is 17.8. The van der Waals surface area contributed by atoms with Gasteiger partial charge in [0.15, 0.2) is 0 Å². The Morgan fingerprint density at radius 2 is 1.84 bits per heavy atom. The van der Waals surface area contributed by atoms with Crippen LogP contribution in [0.2, 0.25) is 0 Å². The summed E-state index contributed by atoms with van der Waals surface area (Å²) < 4.78 is 42.0. The number of halogens is 3. The molecule has 5 rings (SSSR count). The molecule has 2 unspecified atom stereocenters. The summed E-state index contributed by atoms with van der Waals surface area (Å²) in [5.41, 5.74) is 2.65. The first-order valence-corrected chi connectivity index (χ1v) is 11.0. The van der Waals surface area contributed by atoms with Crippen LogP contribution in [0.1, 0.15) is 32.6 Å². The Bertz CT molecular complexity index is 1130. The Hall–Kier alpha value is -3.03. The van der Waals surface area contributed by atoms with E-state index in [-0.39, 0.29) is 17.9 Å². The molecule has 168 valence electrons. The van der Waals surface area contributed by atoms with Gasteiger partial charge in [-0.2, -0.15) is 13.9 Å². The SMILES string of the molecule is CC(F)(F)C(=O)NC1CCN(c2ccc3c(cnn3-c3ccc(F)cc3)c2)C1CC1CC1. The number of nitrogens with zero attached hydrogens (tertiary/aromatic N) is 3. The summed E-state index contributed by atoms with van der Waals surface area (Å²) in [6, 6.07) is 11.9. The van der Waals surface area contributed by atoms with Gasteiger partial charge in [0.2, 0.25) is 0 Å². The van der Waals surface area contributed by atoms with Gasteiger partial charge in [-0.05, 0) is 61.2 Å². The van der Waals surface area contributed by atoms with Crippen molar-refractivity contribution in [3.05, 3.63) is 54.5 Å². The van der Waals surface area contributed by atoms with Crippen molar-refractivity contribution in [1.82, 2.24) is 15.1 Å². The van der Waals surface area contributed by atoms with E-state index < -0.39 is 11.8 Å². The Balaban J connectivity index is 1.41. The van der Waals surface area contributed by atoms with Crippen LogP contribution in [0.4, 0.5) is 18.9 Å². The second kappa shape index (κ2) is 7.83. The maximum atomic E-state index is 13.5. The fourth-order valence-electron chi connectivity index (χ4n) is 4.61. The third-order valence-electron chi connectivity index (χ3n) is 6.49. The van der Waals surface area contributed by atoms with Gasteiger partial charge in [0, 0.05) is 30.6 Å². The molecular weight excluding hydrogens is 417 g/mol. The summed E-state index contributed by atoms with van der Waals surface area (Å²) in [6.45, 7) is 1.33. The first-order valence-electron chi connectivity index (χ1n) is 11.0. The monoisotopic (exact) mass is 442 g/mol. The highest BCUT2D eigenvalue weighted by Crippen LogP contribution is 2.39. The molecule has 2 heterocycles. The molecule has 1 aliphatic carbocycles. The zero-order chi connectivity index (χ0) is 22.5. The number of alkyl halides is 2. The predicted octanol–water partition coefficient (Wildman–Crippen LogP) is 4.68. The van der Waals surface area contributed by atoms with Crippen LogP contribution in [-0.2, 0) is 4.79 Å². The Morgan fingerprint density at radius 1 is 1.12 bits per heavy atom. The Kier molecular flexibility index (Phi) is 5.10. The van der Waals surface area contributed by atoms with E-state index in [0.717, 1.165) is 41.5 Å². The lowest BCUT2D eigenvalue weighted by molar-refractivity contribution is -0.143. The van der Waals surface area contributed by atoms with Crippen LogP contribution in [0.5, 0.6) is 0 Å². The first-order chi connectivity index (χ1) is 15.3. The van der Waals surface area contributed by atoms with E-state index in [9.17, 15) is 18.0 Å².